The molecule has 1 aliphatic carbocycles. The second-order valence-electron chi connectivity index (χ2n) is 6.34. The van der Waals surface area contributed by atoms with Gasteiger partial charge in [0, 0.05) is 26.3 Å². The van der Waals surface area contributed by atoms with Crippen molar-refractivity contribution >= 4 is 11.6 Å². The summed E-state index contributed by atoms with van der Waals surface area (Å²) in [6, 6.07) is 5.53. The molecule has 1 aliphatic rings. The van der Waals surface area contributed by atoms with Crippen molar-refractivity contribution in [3.63, 3.8) is 0 Å². The number of nitrogens with one attached hydrogen (secondary N) is 1. The minimum absolute atomic E-state index is 0.223. The molecule has 24 heavy (non-hydrogen) atoms. The fourth-order valence-corrected chi connectivity index (χ4v) is 3.27. The molecule has 0 unspecified atom stereocenters. The van der Waals surface area contributed by atoms with Crippen LogP contribution in [-0.4, -0.2) is 40.4 Å². The number of methoxy groups -OCH3 is 3. The molecule has 134 valence electrons. The van der Waals surface area contributed by atoms with Crippen LogP contribution >= 0.6 is 0 Å². The average molecular weight is 335 g/mol. The number of nitrogens with zero attached hydrogens (tertiary/aromatic N) is 1. The van der Waals surface area contributed by atoms with Crippen LogP contribution in [-0.2, 0) is 4.74 Å². The van der Waals surface area contributed by atoms with Gasteiger partial charge in [-0.1, -0.05) is 12.8 Å². The highest BCUT2D eigenvalue weighted by molar-refractivity contribution is 5.94. The summed E-state index contributed by atoms with van der Waals surface area (Å²) in [5, 5.41) is 3.12. The molecule has 0 radical (unpaired) electrons. The van der Waals surface area contributed by atoms with E-state index < -0.39 is 0 Å². The Morgan fingerprint density at radius 2 is 1.96 bits per heavy atom. The first-order valence-electron chi connectivity index (χ1n) is 8.40. The molecule has 1 aromatic rings. The van der Waals surface area contributed by atoms with Crippen LogP contribution in [0.25, 0.3) is 0 Å². The molecule has 0 bridgehead atoms. The minimum atomic E-state index is 0.223. The van der Waals surface area contributed by atoms with Crippen LogP contribution in [0.4, 0.5) is 5.69 Å². The molecule has 1 saturated carbocycles. The van der Waals surface area contributed by atoms with E-state index >= 15 is 0 Å². The molecule has 3 N–H and O–H groups in total. The Balaban J connectivity index is 2.05. The Labute approximate surface area is 144 Å². The normalized spacial score (nSPS) is 16.9. The van der Waals surface area contributed by atoms with Gasteiger partial charge in [0.25, 0.3) is 0 Å². The summed E-state index contributed by atoms with van der Waals surface area (Å²) in [5.41, 5.74) is 7.07. The number of anilines is 1. The first kappa shape index (κ1) is 18.4. The molecule has 0 amide bonds. The van der Waals surface area contributed by atoms with E-state index in [-0.39, 0.29) is 5.41 Å². The smallest absolute Gasteiger partial charge is 0.193 e. The van der Waals surface area contributed by atoms with Gasteiger partial charge >= 0.3 is 0 Å². The van der Waals surface area contributed by atoms with Crippen molar-refractivity contribution in [2.24, 2.45) is 16.1 Å². The van der Waals surface area contributed by atoms with Crippen LogP contribution in [0.5, 0.6) is 11.5 Å². The highest BCUT2D eigenvalue weighted by atomic mass is 16.5. The number of aliphatic imine (C=N–C) groups is 1. The summed E-state index contributed by atoms with van der Waals surface area (Å²) >= 11 is 0. The fraction of sp³-hybridized carbons (Fsp3) is 0.611. The minimum Gasteiger partial charge on any atom is -0.497 e. The quantitative estimate of drug-likeness (QED) is 0.564. The van der Waals surface area contributed by atoms with E-state index in [9.17, 15) is 0 Å². The van der Waals surface area contributed by atoms with Crippen molar-refractivity contribution < 1.29 is 14.2 Å². The largest absolute Gasteiger partial charge is 0.497 e. The number of hydrogen-bond acceptors (Lipinski definition) is 4. The van der Waals surface area contributed by atoms with E-state index in [1.54, 1.807) is 21.3 Å². The summed E-state index contributed by atoms with van der Waals surface area (Å²) < 4.78 is 15.9. The first-order valence-corrected chi connectivity index (χ1v) is 8.40. The lowest BCUT2D eigenvalue weighted by Gasteiger charge is -2.26. The molecule has 2 rings (SSSR count). The highest BCUT2D eigenvalue weighted by Crippen LogP contribution is 2.41. The van der Waals surface area contributed by atoms with Crippen molar-refractivity contribution in [3.8, 4) is 11.5 Å². The van der Waals surface area contributed by atoms with Crippen LogP contribution in [0.15, 0.2) is 23.2 Å². The molecule has 1 aromatic carbocycles. The maximum absolute atomic E-state index is 6.10. The Morgan fingerprint density at radius 1 is 1.21 bits per heavy atom. The van der Waals surface area contributed by atoms with Gasteiger partial charge in [0.1, 0.15) is 11.5 Å². The summed E-state index contributed by atoms with van der Waals surface area (Å²) in [6.45, 7) is 1.49. The zero-order valence-electron chi connectivity index (χ0n) is 14.9. The van der Waals surface area contributed by atoms with Crippen LogP contribution in [0.3, 0.4) is 0 Å². The highest BCUT2D eigenvalue weighted by Gasteiger charge is 2.33. The van der Waals surface area contributed by atoms with E-state index in [1.807, 2.05) is 18.2 Å². The van der Waals surface area contributed by atoms with Gasteiger partial charge in [0.2, 0.25) is 0 Å². The van der Waals surface area contributed by atoms with Crippen molar-refractivity contribution in [3.05, 3.63) is 18.2 Å². The van der Waals surface area contributed by atoms with Gasteiger partial charge < -0.3 is 25.3 Å². The summed E-state index contributed by atoms with van der Waals surface area (Å²) in [6.07, 6.45) is 5.93. The topological polar surface area (TPSA) is 78.1 Å². The number of benzene rings is 1. The van der Waals surface area contributed by atoms with Crippen molar-refractivity contribution in [1.29, 1.82) is 0 Å². The van der Waals surface area contributed by atoms with E-state index in [0.717, 1.165) is 31.0 Å². The van der Waals surface area contributed by atoms with Crippen LogP contribution in [0, 0.1) is 5.41 Å². The molecular formula is C18H29N3O3. The van der Waals surface area contributed by atoms with Gasteiger partial charge in [0.05, 0.1) is 19.9 Å². The molecule has 0 spiro atoms. The van der Waals surface area contributed by atoms with Crippen LogP contribution in [0.2, 0.25) is 0 Å². The molecular weight excluding hydrogens is 306 g/mol. The standard InChI is InChI=1S/C18H29N3O3/c1-22-11-10-18(8-4-5-9-18)13-20-17(19)21-15-12-14(23-2)6-7-16(15)24-3/h6-7,12H,4-5,8-11,13H2,1-3H3,(H3,19,20,21). The second-order valence-corrected chi connectivity index (χ2v) is 6.34. The van der Waals surface area contributed by atoms with Crippen LogP contribution in [0.1, 0.15) is 32.1 Å². The van der Waals surface area contributed by atoms with Gasteiger partial charge in [-0.15, -0.1) is 0 Å². The monoisotopic (exact) mass is 335 g/mol. The molecule has 6 nitrogen and oxygen atoms in total. The number of rotatable bonds is 8. The van der Waals surface area contributed by atoms with E-state index in [1.165, 1.54) is 25.7 Å². The average Bonchev–Trinajstić information content (AvgIpc) is 3.07. The second kappa shape index (κ2) is 8.78. The third kappa shape index (κ3) is 4.77. The third-order valence-corrected chi connectivity index (χ3v) is 4.75. The Hall–Kier alpha value is -1.95. The van der Waals surface area contributed by atoms with Crippen molar-refractivity contribution in [2.45, 2.75) is 32.1 Å². The van der Waals surface area contributed by atoms with Gasteiger partial charge in [-0.25, -0.2) is 0 Å². The first-order chi connectivity index (χ1) is 11.6. The Morgan fingerprint density at radius 3 is 2.58 bits per heavy atom. The molecule has 0 aromatic heterocycles. The summed E-state index contributed by atoms with van der Waals surface area (Å²) in [5.74, 6) is 1.83. The Kier molecular flexibility index (Phi) is 6.73. The maximum Gasteiger partial charge on any atom is 0.193 e. The van der Waals surface area contributed by atoms with Crippen molar-refractivity contribution in [1.82, 2.24) is 0 Å². The third-order valence-electron chi connectivity index (χ3n) is 4.75. The van der Waals surface area contributed by atoms with Gasteiger partial charge in [0.15, 0.2) is 5.96 Å². The molecule has 0 saturated heterocycles. The molecule has 0 aliphatic heterocycles. The summed E-state index contributed by atoms with van der Waals surface area (Å²) in [7, 11) is 5.00. The molecule has 0 atom stereocenters. The molecule has 0 heterocycles. The molecule has 6 heteroatoms. The predicted molar refractivity (Wildman–Crippen MR) is 97.1 cm³/mol. The maximum atomic E-state index is 6.10. The number of nitrogens with two attached hydrogens (primary N) is 1. The predicted octanol–water partition coefficient (Wildman–Crippen LogP) is 3.03. The summed E-state index contributed by atoms with van der Waals surface area (Å²) in [4.78, 5) is 4.59. The van der Waals surface area contributed by atoms with Gasteiger partial charge in [-0.05, 0) is 36.8 Å². The zero-order valence-corrected chi connectivity index (χ0v) is 14.9. The van der Waals surface area contributed by atoms with Gasteiger partial charge in [-0.2, -0.15) is 0 Å². The van der Waals surface area contributed by atoms with Crippen LogP contribution < -0.4 is 20.5 Å². The Bertz CT molecular complexity index is 554. The van der Waals surface area contributed by atoms with E-state index in [2.05, 4.69) is 10.3 Å². The van der Waals surface area contributed by atoms with Gasteiger partial charge in [-0.3, -0.25) is 4.99 Å². The van der Waals surface area contributed by atoms with E-state index in [0.29, 0.717) is 11.7 Å². The SMILES string of the molecule is COCCC1(CN=C(N)Nc2cc(OC)ccc2OC)CCCC1. The lowest BCUT2D eigenvalue weighted by molar-refractivity contribution is 0.141. The van der Waals surface area contributed by atoms with E-state index in [4.69, 9.17) is 19.9 Å². The lowest BCUT2D eigenvalue weighted by Crippen LogP contribution is -2.28. The number of ether oxygens (including phenoxy) is 3. The fourth-order valence-electron chi connectivity index (χ4n) is 3.27. The van der Waals surface area contributed by atoms with Crippen molar-refractivity contribution in [2.75, 3.05) is 39.8 Å². The number of hydrogen-bond donors (Lipinski definition) is 2. The zero-order chi connectivity index (χ0) is 17.4. The number of guanidine groups is 1. The molecule has 1 fully saturated rings. The lowest BCUT2D eigenvalue weighted by atomic mass is 9.83.